The first-order chi connectivity index (χ1) is 11.2. The lowest BCUT2D eigenvalue weighted by Gasteiger charge is -2.06. The standard InChI is InChI=1S/C17H17NO4S/c1-20-14-5-2-12(3-6-14)9-23-10-17(19)18-13-4-7-15-16(8-13)22-11-21-15/h2-8H,9-11H2,1H3,(H,18,19). The molecule has 3 rings (SSSR count). The van der Waals surface area contributed by atoms with Crippen molar-refractivity contribution in [2.24, 2.45) is 0 Å². The number of nitrogens with one attached hydrogen (secondary N) is 1. The maximum Gasteiger partial charge on any atom is 0.234 e. The highest BCUT2D eigenvalue weighted by atomic mass is 32.2. The molecule has 0 aliphatic carbocycles. The molecule has 6 heteroatoms. The fraction of sp³-hybridized carbons (Fsp3) is 0.235. The number of rotatable bonds is 6. The molecular formula is C17H17NO4S. The molecular weight excluding hydrogens is 314 g/mol. The monoisotopic (exact) mass is 331 g/mol. The van der Waals surface area contributed by atoms with Gasteiger partial charge in [-0.05, 0) is 29.8 Å². The van der Waals surface area contributed by atoms with Gasteiger partial charge in [-0.25, -0.2) is 0 Å². The van der Waals surface area contributed by atoms with Crippen LogP contribution in [-0.2, 0) is 10.5 Å². The summed E-state index contributed by atoms with van der Waals surface area (Å²) in [6, 6.07) is 13.2. The number of fused-ring (bicyclic) bond motifs is 1. The average Bonchev–Trinajstić information content (AvgIpc) is 3.03. The lowest BCUT2D eigenvalue weighted by atomic mass is 10.2. The summed E-state index contributed by atoms with van der Waals surface area (Å²) >= 11 is 1.56. The molecule has 1 amide bonds. The van der Waals surface area contributed by atoms with Gasteiger partial charge in [-0.1, -0.05) is 12.1 Å². The fourth-order valence-corrected chi connectivity index (χ4v) is 2.94. The Kier molecular flexibility index (Phi) is 4.92. The van der Waals surface area contributed by atoms with Crippen molar-refractivity contribution in [2.45, 2.75) is 5.75 Å². The number of carbonyl (C=O) groups is 1. The van der Waals surface area contributed by atoms with Crippen molar-refractivity contribution < 1.29 is 19.0 Å². The molecule has 1 heterocycles. The van der Waals surface area contributed by atoms with Gasteiger partial charge in [-0.15, -0.1) is 11.8 Å². The van der Waals surface area contributed by atoms with Crippen LogP contribution in [0.15, 0.2) is 42.5 Å². The van der Waals surface area contributed by atoms with Crippen molar-refractivity contribution in [3.05, 3.63) is 48.0 Å². The van der Waals surface area contributed by atoms with Crippen LogP contribution in [0.5, 0.6) is 17.2 Å². The van der Waals surface area contributed by atoms with Gasteiger partial charge < -0.3 is 19.5 Å². The molecule has 0 atom stereocenters. The number of carbonyl (C=O) groups excluding carboxylic acids is 1. The minimum atomic E-state index is -0.0395. The Morgan fingerprint density at radius 3 is 2.74 bits per heavy atom. The van der Waals surface area contributed by atoms with Crippen molar-refractivity contribution in [2.75, 3.05) is 25.0 Å². The normalized spacial score (nSPS) is 12.0. The van der Waals surface area contributed by atoms with Crippen LogP contribution in [0.2, 0.25) is 0 Å². The van der Waals surface area contributed by atoms with Crippen LogP contribution in [-0.4, -0.2) is 25.6 Å². The van der Waals surface area contributed by atoms with Crippen LogP contribution in [0, 0.1) is 0 Å². The molecule has 0 bridgehead atoms. The third-order valence-corrected chi connectivity index (χ3v) is 4.32. The second-order valence-corrected chi connectivity index (χ2v) is 5.94. The number of benzene rings is 2. The molecule has 0 saturated carbocycles. The van der Waals surface area contributed by atoms with E-state index in [1.54, 1.807) is 37.1 Å². The Morgan fingerprint density at radius 2 is 1.96 bits per heavy atom. The van der Waals surface area contributed by atoms with Crippen molar-refractivity contribution in [1.82, 2.24) is 0 Å². The van der Waals surface area contributed by atoms with E-state index in [0.717, 1.165) is 17.1 Å². The highest BCUT2D eigenvalue weighted by Crippen LogP contribution is 2.34. The Balaban J connectivity index is 1.46. The molecule has 1 N–H and O–H groups in total. The fourth-order valence-electron chi connectivity index (χ4n) is 2.15. The Morgan fingerprint density at radius 1 is 1.17 bits per heavy atom. The minimum Gasteiger partial charge on any atom is -0.497 e. The highest BCUT2D eigenvalue weighted by Gasteiger charge is 2.14. The molecule has 2 aromatic rings. The summed E-state index contributed by atoms with van der Waals surface area (Å²) in [6.45, 7) is 0.227. The molecule has 0 unspecified atom stereocenters. The number of hydrogen-bond acceptors (Lipinski definition) is 5. The molecule has 0 radical (unpaired) electrons. The van der Waals surface area contributed by atoms with Gasteiger partial charge in [-0.2, -0.15) is 0 Å². The predicted molar refractivity (Wildman–Crippen MR) is 90.4 cm³/mol. The summed E-state index contributed by atoms with van der Waals surface area (Å²) in [5.41, 5.74) is 1.87. The van der Waals surface area contributed by atoms with Crippen molar-refractivity contribution in [3.63, 3.8) is 0 Å². The smallest absolute Gasteiger partial charge is 0.234 e. The van der Waals surface area contributed by atoms with Gasteiger partial charge in [0.1, 0.15) is 5.75 Å². The van der Waals surface area contributed by atoms with Crippen LogP contribution in [0.3, 0.4) is 0 Å². The quantitative estimate of drug-likeness (QED) is 0.880. The zero-order chi connectivity index (χ0) is 16.1. The minimum absolute atomic E-state index is 0.0395. The van der Waals surface area contributed by atoms with Gasteiger partial charge in [0.25, 0.3) is 0 Å². The van der Waals surface area contributed by atoms with E-state index in [1.807, 2.05) is 24.3 Å². The van der Waals surface area contributed by atoms with E-state index in [-0.39, 0.29) is 12.7 Å². The number of hydrogen-bond donors (Lipinski definition) is 1. The molecule has 0 aromatic heterocycles. The summed E-state index contributed by atoms with van der Waals surface area (Å²) in [7, 11) is 1.64. The first kappa shape index (κ1) is 15.6. The Bertz CT molecular complexity index is 687. The van der Waals surface area contributed by atoms with Crippen LogP contribution < -0.4 is 19.5 Å². The topological polar surface area (TPSA) is 56.8 Å². The van der Waals surface area contributed by atoms with Gasteiger partial charge in [0.05, 0.1) is 12.9 Å². The highest BCUT2D eigenvalue weighted by molar-refractivity contribution is 7.99. The van der Waals surface area contributed by atoms with Crippen LogP contribution in [0.4, 0.5) is 5.69 Å². The Hall–Kier alpha value is -2.34. The van der Waals surface area contributed by atoms with Crippen LogP contribution in [0.25, 0.3) is 0 Å². The first-order valence-electron chi connectivity index (χ1n) is 7.15. The summed E-state index contributed by atoms with van der Waals surface area (Å²) < 4.78 is 15.7. The zero-order valence-corrected chi connectivity index (χ0v) is 13.5. The number of anilines is 1. The first-order valence-corrected chi connectivity index (χ1v) is 8.30. The summed E-state index contributed by atoms with van der Waals surface area (Å²) in [5, 5.41) is 2.86. The van der Waals surface area contributed by atoms with Gasteiger partial charge in [-0.3, -0.25) is 4.79 Å². The number of ether oxygens (including phenoxy) is 3. The van der Waals surface area contributed by atoms with E-state index in [1.165, 1.54) is 0 Å². The summed E-state index contributed by atoms with van der Waals surface area (Å²) in [5.74, 6) is 3.33. The molecule has 2 aromatic carbocycles. The van der Waals surface area contributed by atoms with Gasteiger partial charge in [0.15, 0.2) is 11.5 Å². The summed E-state index contributed by atoms with van der Waals surface area (Å²) in [4.78, 5) is 12.0. The third-order valence-electron chi connectivity index (χ3n) is 3.32. The molecule has 23 heavy (non-hydrogen) atoms. The maximum atomic E-state index is 12.0. The molecule has 1 aliphatic heterocycles. The molecule has 1 aliphatic rings. The lowest BCUT2D eigenvalue weighted by Crippen LogP contribution is -2.14. The molecule has 5 nitrogen and oxygen atoms in total. The van der Waals surface area contributed by atoms with Gasteiger partial charge in [0.2, 0.25) is 12.7 Å². The summed E-state index contributed by atoms with van der Waals surface area (Å²) in [6.07, 6.45) is 0. The van der Waals surface area contributed by atoms with Crippen molar-refractivity contribution in [1.29, 1.82) is 0 Å². The Labute approximate surface area is 138 Å². The average molecular weight is 331 g/mol. The van der Waals surface area contributed by atoms with Gasteiger partial charge in [0, 0.05) is 17.5 Å². The molecule has 0 spiro atoms. The second kappa shape index (κ2) is 7.28. The van der Waals surface area contributed by atoms with E-state index in [2.05, 4.69) is 5.32 Å². The van der Waals surface area contributed by atoms with E-state index < -0.39 is 0 Å². The van der Waals surface area contributed by atoms with Crippen LogP contribution in [0.1, 0.15) is 5.56 Å². The van der Waals surface area contributed by atoms with E-state index in [0.29, 0.717) is 22.9 Å². The SMILES string of the molecule is COc1ccc(CSCC(=O)Nc2ccc3c(c2)OCO3)cc1. The molecule has 0 saturated heterocycles. The zero-order valence-electron chi connectivity index (χ0n) is 12.7. The predicted octanol–water partition coefficient (Wildman–Crippen LogP) is 3.30. The molecule has 120 valence electrons. The van der Waals surface area contributed by atoms with Crippen molar-refractivity contribution in [3.8, 4) is 17.2 Å². The van der Waals surface area contributed by atoms with E-state index in [9.17, 15) is 4.79 Å². The van der Waals surface area contributed by atoms with E-state index in [4.69, 9.17) is 14.2 Å². The van der Waals surface area contributed by atoms with E-state index >= 15 is 0 Å². The van der Waals surface area contributed by atoms with Gasteiger partial charge >= 0.3 is 0 Å². The largest absolute Gasteiger partial charge is 0.497 e. The van der Waals surface area contributed by atoms with Crippen molar-refractivity contribution >= 4 is 23.4 Å². The third kappa shape index (κ3) is 4.10. The van der Waals surface area contributed by atoms with Crippen LogP contribution >= 0.6 is 11.8 Å². The maximum absolute atomic E-state index is 12.0. The number of amides is 1. The second-order valence-electron chi connectivity index (χ2n) is 4.96. The lowest BCUT2D eigenvalue weighted by molar-refractivity contribution is -0.113. The number of methoxy groups -OCH3 is 1. The number of thioether (sulfide) groups is 1. The molecule has 0 fully saturated rings.